The average Bonchev–Trinajstić information content (AvgIpc) is 2.73. The number of hydrogen-bond acceptors (Lipinski definition) is 6. The van der Waals surface area contributed by atoms with E-state index in [4.69, 9.17) is 16.3 Å². The van der Waals surface area contributed by atoms with Gasteiger partial charge in [-0.3, -0.25) is 19.4 Å². The first-order valence-corrected chi connectivity index (χ1v) is 10.6. The van der Waals surface area contributed by atoms with Crippen LogP contribution in [0.3, 0.4) is 0 Å². The molecule has 3 N–H and O–H groups in total. The molecule has 1 fully saturated rings. The number of anilines is 3. The number of nitrogens with one attached hydrogen (secondary N) is 3. The lowest BCUT2D eigenvalue weighted by Crippen LogP contribution is -2.42. The molecule has 9 nitrogen and oxygen atoms in total. The standard InChI is InChI=1S/C21H24ClN5O4/c1-11-5-3-4-8-27(11)21-25-18-17(20(30)26-21)13(10-16(28)24-18)19(29)23-14-9-12(22)6-7-15(14)31-2/h6-7,9,11,13H,3-5,8,10H2,1-2H3,(H,23,29)(H2,24,25,26,28,30)/t11-,13-/m1/s1. The summed E-state index contributed by atoms with van der Waals surface area (Å²) in [7, 11) is 1.47. The van der Waals surface area contributed by atoms with Gasteiger partial charge >= 0.3 is 0 Å². The number of halogens is 1. The van der Waals surface area contributed by atoms with Crippen molar-refractivity contribution in [2.45, 2.75) is 44.6 Å². The second-order valence-corrected chi connectivity index (χ2v) is 8.27. The Morgan fingerprint density at radius 3 is 2.87 bits per heavy atom. The largest absolute Gasteiger partial charge is 0.495 e. The predicted octanol–water partition coefficient (Wildman–Crippen LogP) is 2.88. The van der Waals surface area contributed by atoms with E-state index in [0.29, 0.717) is 22.4 Å². The zero-order valence-corrected chi connectivity index (χ0v) is 18.1. The Morgan fingerprint density at radius 2 is 2.13 bits per heavy atom. The van der Waals surface area contributed by atoms with Crippen molar-refractivity contribution in [3.05, 3.63) is 39.1 Å². The van der Waals surface area contributed by atoms with Crippen LogP contribution in [0.1, 0.15) is 44.1 Å². The fourth-order valence-electron chi connectivity index (χ4n) is 4.13. The van der Waals surface area contributed by atoms with Crippen LogP contribution in [0.4, 0.5) is 17.5 Å². The van der Waals surface area contributed by atoms with Crippen molar-refractivity contribution in [2.24, 2.45) is 0 Å². The van der Waals surface area contributed by atoms with Gasteiger partial charge < -0.3 is 20.3 Å². The minimum atomic E-state index is -0.989. The Kier molecular flexibility index (Phi) is 5.86. The molecule has 0 bridgehead atoms. The number of aromatic amines is 1. The van der Waals surface area contributed by atoms with Crippen molar-refractivity contribution in [2.75, 3.05) is 29.2 Å². The van der Waals surface area contributed by atoms with Gasteiger partial charge in [-0.1, -0.05) is 11.6 Å². The summed E-state index contributed by atoms with van der Waals surface area (Å²) in [5.74, 6) is -0.916. The van der Waals surface area contributed by atoms with Gasteiger partial charge in [-0.25, -0.2) is 0 Å². The van der Waals surface area contributed by atoms with Crippen LogP contribution in [0.2, 0.25) is 5.02 Å². The Balaban J connectivity index is 1.67. The summed E-state index contributed by atoms with van der Waals surface area (Å²) in [5, 5.41) is 5.79. The van der Waals surface area contributed by atoms with E-state index in [-0.39, 0.29) is 29.8 Å². The number of rotatable bonds is 4. The molecule has 2 aromatic rings. The number of nitrogens with zero attached hydrogens (tertiary/aromatic N) is 2. The Labute approximate surface area is 184 Å². The number of hydrogen-bond donors (Lipinski definition) is 3. The summed E-state index contributed by atoms with van der Waals surface area (Å²) in [6, 6.07) is 5.03. The molecular formula is C21H24ClN5O4. The van der Waals surface area contributed by atoms with Crippen LogP contribution < -0.4 is 25.8 Å². The molecule has 0 saturated carbocycles. The van der Waals surface area contributed by atoms with E-state index in [2.05, 4.69) is 27.5 Å². The molecule has 2 atom stereocenters. The summed E-state index contributed by atoms with van der Waals surface area (Å²) in [4.78, 5) is 47.7. The second-order valence-electron chi connectivity index (χ2n) is 7.83. The topological polar surface area (TPSA) is 116 Å². The molecule has 0 aliphatic carbocycles. The van der Waals surface area contributed by atoms with E-state index >= 15 is 0 Å². The van der Waals surface area contributed by atoms with Gasteiger partial charge in [0.2, 0.25) is 17.8 Å². The number of carbonyl (C=O) groups is 2. The number of methoxy groups -OCH3 is 1. The predicted molar refractivity (Wildman–Crippen MR) is 118 cm³/mol. The third-order valence-electron chi connectivity index (χ3n) is 5.75. The third-order valence-corrected chi connectivity index (χ3v) is 5.98. The van der Waals surface area contributed by atoms with Gasteiger partial charge in [-0.05, 0) is 44.4 Å². The highest BCUT2D eigenvalue weighted by Gasteiger charge is 2.36. The lowest BCUT2D eigenvalue weighted by atomic mass is 9.92. The number of amides is 2. The van der Waals surface area contributed by atoms with Crippen molar-refractivity contribution in [1.82, 2.24) is 9.97 Å². The molecule has 1 saturated heterocycles. The zero-order valence-electron chi connectivity index (χ0n) is 17.3. The molecule has 2 aliphatic rings. The summed E-state index contributed by atoms with van der Waals surface area (Å²) < 4.78 is 5.26. The van der Waals surface area contributed by atoms with Crippen LogP contribution in [0.5, 0.6) is 5.75 Å². The van der Waals surface area contributed by atoms with E-state index in [0.717, 1.165) is 25.8 Å². The fraction of sp³-hybridized carbons (Fsp3) is 0.429. The highest BCUT2D eigenvalue weighted by molar-refractivity contribution is 6.31. The van der Waals surface area contributed by atoms with Crippen LogP contribution in [0.25, 0.3) is 0 Å². The number of ether oxygens (including phenoxy) is 1. The zero-order chi connectivity index (χ0) is 22.1. The molecule has 10 heteroatoms. The van der Waals surface area contributed by atoms with E-state index in [9.17, 15) is 14.4 Å². The Hall–Kier alpha value is -3.07. The van der Waals surface area contributed by atoms with E-state index in [1.165, 1.54) is 7.11 Å². The summed E-state index contributed by atoms with van der Waals surface area (Å²) in [6.45, 7) is 2.85. The smallest absolute Gasteiger partial charge is 0.258 e. The van der Waals surface area contributed by atoms with Gasteiger partial charge in [0, 0.05) is 24.0 Å². The van der Waals surface area contributed by atoms with Crippen LogP contribution in [-0.2, 0) is 9.59 Å². The molecule has 31 heavy (non-hydrogen) atoms. The number of piperidine rings is 1. The monoisotopic (exact) mass is 445 g/mol. The van der Waals surface area contributed by atoms with Gasteiger partial charge in [-0.2, -0.15) is 4.98 Å². The highest BCUT2D eigenvalue weighted by Crippen LogP contribution is 2.33. The molecule has 1 aromatic carbocycles. The summed E-state index contributed by atoms with van der Waals surface area (Å²) in [5.41, 5.74) is 0.0678. The average molecular weight is 446 g/mol. The van der Waals surface area contributed by atoms with Crippen molar-refractivity contribution in [1.29, 1.82) is 0 Å². The van der Waals surface area contributed by atoms with Crippen molar-refractivity contribution < 1.29 is 14.3 Å². The van der Waals surface area contributed by atoms with Gasteiger partial charge in [0.25, 0.3) is 5.56 Å². The lowest BCUT2D eigenvalue weighted by Gasteiger charge is -2.34. The molecule has 2 amide bonds. The maximum Gasteiger partial charge on any atom is 0.258 e. The van der Waals surface area contributed by atoms with Crippen LogP contribution in [0, 0.1) is 0 Å². The molecule has 1 aromatic heterocycles. The number of benzene rings is 1. The van der Waals surface area contributed by atoms with E-state index in [1.807, 2.05) is 4.90 Å². The second kappa shape index (κ2) is 8.58. The molecular weight excluding hydrogens is 422 g/mol. The molecule has 0 spiro atoms. The van der Waals surface area contributed by atoms with Gasteiger partial charge in [-0.15, -0.1) is 0 Å². The minimum absolute atomic E-state index is 0.131. The SMILES string of the molecule is COc1ccc(Cl)cc1NC(=O)[C@@H]1CC(=O)Nc2nc(N3CCCC[C@H]3C)[nH]c(=O)c21. The van der Waals surface area contributed by atoms with Crippen LogP contribution >= 0.6 is 11.6 Å². The first kappa shape index (κ1) is 21.2. The number of carbonyl (C=O) groups excluding carboxylic acids is 2. The maximum atomic E-state index is 13.1. The van der Waals surface area contributed by atoms with Crippen LogP contribution in [-0.4, -0.2) is 41.5 Å². The number of aromatic nitrogens is 2. The third kappa shape index (κ3) is 4.23. The maximum absolute atomic E-state index is 13.1. The van der Waals surface area contributed by atoms with Crippen LogP contribution in [0.15, 0.2) is 23.0 Å². The molecule has 0 radical (unpaired) electrons. The highest BCUT2D eigenvalue weighted by atomic mass is 35.5. The van der Waals surface area contributed by atoms with E-state index < -0.39 is 17.4 Å². The fourth-order valence-corrected chi connectivity index (χ4v) is 4.30. The van der Waals surface area contributed by atoms with Gasteiger partial charge in [0.15, 0.2) is 0 Å². The van der Waals surface area contributed by atoms with Crippen molar-refractivity contribution in [3.8, 4) is 5.75 Å². The molecule has 4 rings (SSSR count). The van der Waals surface area contributed by atoms with Crippen molar-refractivity contribution >= 4 is 40.9 Å². The normalized spacial score (nSPS) is 20.6. The molecule has 3 heterocycles. The van der Waals surface area contributed by atoms with Crippen molar-refractivity contribution in [3.63, 3.8) is 0 Å². The lowest BCUT2D eigenvalue weighted by molar-refractivity contribution is -0.123. The molecule has 0 unspecified atom stereocenters. The number of fused-ring (bicyclic) bond motifs is 1. The van der Waals surface area contributed by atoms with E-state index in [1.54, 1.807) is 18.2 Å². The van der Waals surface area contributed by atoms with Gasteiger partial charge in [0.1, 0.15) is 11.6 Å². The Bertz CT molecular complexity index is 1090. The first-order valence-electron chi connectivity index (χ1n) is 10.2. The number of H-pyrrole nitrogens is 1. The first-order chi connectivity index (χ1) is 14.9. The minimum Gasteiger partial charge on any atom is -0.495 e. The summed E-state index contributed by atoms with van der Waals surface area (Å²) in [6.07, 6.45) is 2.97. The molecule has 164 valence electrons. The quantitative estimate of drug-likeness (QED) is 0.666. The van der Waals surface area contributed by atoms with Gasteiger partial charge in [0.05, 0.1) is 24.3 Å². The Morgan fingerprint density at radius 1 is 1.32 bits per heavy atom. The molecule has 2 aliphatic heterocycles. The summed E-state index contributed by atoms with van der Waals surface area (Å²) >= 11 is 6.03.